The van der Waals surface area contributed by atoms with E-state index in [2.05, 4.69) is 60.3 Å². The molecule has 1 saturated heterocycles. The Morgan fingerprint density at radius 1 is 1.10 bits per heavy atom. The maximum absolute atomic E-state index is 13.6. The van der Waals surface area contributed by atoms with Crippen molar-refractivity contribution in [2.45, 2.75) is 30.2 Å². The lowest BCUT2D eigenvalue weighted by molar-refractivity contribution is -0.120. The summed E-state index contributed by atoms with van der Waals surface area (Å²) in [4.78, 5) is 20.5. The number of hydrogen-bond donors (Lipinski definition) is 0. The van der Waals surface area contributed by atoms with Gasteiger partial charge in [0.2, 0.25) is 5.91 Å². The summed E-state index contributed by atoms with van der Waals surface area (Å²) >= 11 is 6.07. The number of carbonyl (C=O) groups is 1. The molecule has 1 amide bonds. The van der Waals surface area contributed by atoms with Gasteiger partial charge < -0.3 is 9.80 Å². The minimum absolute atomic E-state index is 0.253. The zero-order valence-corrected chi connectivity index (χ0v) is 17.9. The lowest BCUT2D eigenvalue weighted by atomic mass is 9.92. The third kappa shape index (κ3) is 3.09. The molecular formula is C24H28ClN3O. The second-order valence-corrected chi connectivity index (χ2v) is 9.40. The molecule has 2 aliphatic heterocycles. The molecular weight excluding hydrogens is 382 g/mol. The Kier molecular flexibility index (Phi) is 4.69. The van der Waals surface area contributed by atoms with Crippen molar-refractivity contribution in [3.05, 3.63) is 64.7 Å². The van der Waals surface area contributed by atoms with Crippen molar-refractivity contribution >= 4 is 23.2 Å². The molecule has 2 aromatic rings. The number of anilines is 1. The van der Waals surface area contributed by atoms with E-state index in [-0.39, 0.29) is 17.2 Å². The highest BCUT2D eigenvalue weighted by atomic mass is 35.5. The van der Waals surface area contributed by atoms with Crippen LogP contribution in [-0.2, 0) is 10.2 Å². The van der Waals surface area contributed by atoms with Crippen LogP contribution in [0.2, 0.25) is 5.02 Å². The fraction of sp³-hybridized carbons (Fsp3) is 0.458. The summed E-state index contributed by atoms with van der Waals surface area (Å²) in [6.45, 7) is 3.91. The van der Waals surface area contributed by atoms with Crippen molar-refractivity contribution in [2.75, 3.05) is 45.2 Å². The Morgan fingerprint density at radius 2 is 1.86 bits per heavy atom. The Bertz CT molecular complexity index is 928. The lowest BCUT2D eigenvalue weighted by Gasteiger charge is -2.24. The fourth-order valence-corrected chi connectivity index (χ4v) is 5.47. The van der Waals surface area contributed by atoms with Crippen molar-refractivity contribution in [3.63, 3.8) is 0 Å². The summed E-state index contributed by atoms with van der Waals surface area (Å²) in [7, 11) is 4.31. The first-order valence-corrected chi connectivity index (χ1v) is 10.9. The number of benzene rings is 2. The van der Waals surface area contributed by atoms with Crippen LogP contribution in [-0.4, -0.2) is 62.0 Å². The molecule has 5 heteroatoms. The van der Waals surface area contributed by atoms with Crippen LogP contribution < -0.4 is 4.90 Å². The van der Waals surface area contributed by atoms with Crippen LogP contribution in [0.25, 0.3) is 0 Å². The summed E-state index contributed by atoms with van der Waals surface area (Å²) in [6.07, 6.45) is 2.10. The second-order valence-electron chi connectivity index (χ2n) is 8.96. The van der Waals surface area contributed by atoms with E-state index in [1.807, 2.05) is 17.0 Å². The van der Waals surface area contributed by atoms with E-state index in [1.165, 1.54) is 17.5 Å². The number of nitrogens with zero attached hydrogens (tertiary/aromatic N) is 3. The van der Waals surface area contributed by atoms with Gasteiger partial charge in [-0.3, -0.25) is 9.69 Å². The Morgan fingerprint density at radius 3 is 2.59 bits per heavy atom. The molecule has 3 atom stereocenters. The maximum atomic E-state index is 13.6. The highest BCUT2D eigenvalue weighted by molar-refractivity contribution is 6.30. The summed E-state index contributed by atoms with van der Waals surface area (Å²) < 4.78 is 0. The van der Waals surface area contributed by atoms with Gasteiger partial charge in [-0.1, -0.05) is 41.9 Å². The lowest BCUT2D eigenvalue weighted by Crippen LogP contribution is -2.40. The standard InChI is InChI=1S/C24H28ClN3O/c1-26(2)19-11-12-27(16-19)13-14-28-22-6-4-3-5-20(22)24(23(28)29)15-21(24)17-7-9-18(25)10-8-17/h3-10,19,21H,11-16H2,1-2H3/t19-,21-,24-/m1/s1. The first-order valence-electron chi connectivity index (χ1n) is 10.6. The van der Waals surface area contributed by atoms with E-state index in [9.17, 15) is 4.79 Å². The molecule has 2 aromatic carbocycles. The number of fused-ring (bicyclic) bond motifs is 2. The van der Waals surface area contributed by atoms with Crippen molar-refractivity contribution < 1.29 is 4.79 Å². The van der Waals surface area contributed by atoms with Crippen LogP contribution in [0.15, 0.2) is 48.5 Å². The van der Waals surface area contributed by atoms with Gasteiger partial charge in [0.1, 0.15) is 0 Å². The molecule has 0 radical (unpaired) electrons. The number of halogens is 1. The molecule has 1 saturated carbocycles. The van der Waals surface area contributed by atoms with Crippen LogP contribution in [0.1, 0.15) is 29.9 Å². The van der Waals surface area contributed by atoms with Crippen LogP contribution >= 0.6 is 11.6 Å². The van der Waals surface area contributed by atoms with E-state index in [4.69, 9.17) is 11.6 Å². The van der Waals surface area contributed by atoms with Crippen LogP contribution in [0, 0.1) is 0 Å². The maximum Gasteiger partial charge on any atom is 0.238 e. The molecule has 0 bridgehead atoms. The molecule has 1 aliphatic carbocycles. The van der Waals surface area contributed by atoms with Crippen molar-refractivity contribution in [1.29, 1.82) is 0 Å². The monoisotopic (exact) mass is 409 g/mol. The highest BCUT2D eigenvalue weighted by Gasteiger charge is 2.66. The normalized spacial score (nSPS) is 28.6. The second kappa shape index (κ2) is 7.12. The smallest absolute Gasteiger partial charge is 0.238 e. The first-order chi connectivity index (χ1) is 14.0. The van der Waals surface area contributed by atoms with Gasteiger partial charge in [-0.2, -0.15) is 0 Å². The Hall–Kier alpha value is -1.88. The third-order valence-corrected chi connectivity index (χ3v) is 7.41. The number of amides is 1. The SMILES string of the molecule is CN(C)[C@@H]1CCN(CCN2C(=O)[C@]3(C[C@@H]3c3ccc(Cl)cc3)c3ccccc32)C1. The van der Waals surface area contributed by atoms with Gasteiger partial charge in [-0.15, -0.1) is 0 Å². The average Bonchev–Trinajstić information content (AvgIpc) is 3.20. The van der Waals surface area contributed by atoms with E-state index in [0.29, 0.717) is 6.04 Å². The van der Waals surface area contributed by atoms with E-state index in [1.54, 1.807) is 0 Å². The quantitative estimate of drug-likeness (QED) is 0.752. The van der Waals surface area contributed by atoms with Gasteiger partial charge in [-0.25, -0.2) is 0 Å². The molecule has 5 rings (SSSR count). The minimum Gasteiger partial charge on any atom is -0.310 e. The van der Waals surface area contributed by atoms with Gasteiger partial charge in [0.15, 0.2) is 0 Å². The highest BCUT2D eigenvalue weighted by Crippen LogP contribution is 2.66. The summed E-state index contributed by atoms with van der Waals surface area (Å²) in [6, 6.07) is 17.0. The molecule has 0 unspecified atom stereocenters. The number of para-hydroxylation sites is 1. The van der Waals surface area contributed by atoms with Gasteiger partial charge in [0.05, 0.1) is 5.41 Å². The van der Waals surface area contributed by atoms with Crippen LogP contribution in [0.3, 0.4) is 0 Å². The topological polar surface area (TPSA) is 26.8 Å². The van der Waals surface area contributed by atoms with E-state index < -0.39 is 0 Å². The zero-order chi connectivity index (χ0) is 20.2. The van der Waals surface area contributed by atoms with Crippen LogP contribution in [0.4, 0.5) is 5.69 Å². The predicted octanol–water partition coefficient (Wildman–Crippen LogP) is 3.75. The van der Waals surface area contributed by atoms with Gasteiger partial charge in [-0.05, 0) is 62.8 Å². The molecule has 1 spiro atoms. The van der Waals surface area contributed by atoms with Gasteiger partial charge >= 0.3 is 0 Å². The van der Waals surface area contributed by atoms with Gasteiger partial charge in [0, 0.05) is 42.3 Å². The molecule has 29 heavy (non-hydrogen) atoms. The Balaban J connectivity index is 1.36. The molecule has 152 valence electrons. The molecule has 0 aromatic heterocycles. The number of likely N-dealkylation sites (tertiary alicyclic amines) is 1. The average molecular weight is 410 g/mol. The molecule has 4 nitrogen and oxygen atoms in total. The molecule has 0 N–H and O–H groups in total. The van der Waals surface area contributed by atoms with Crippen molar-refractivity contribution in [3.8, 4) is 0 Å². The predicted molar refractivity (Wildman–Crippen MR) is 118 cm³/mol. The number of carbonyl (C=O) groups excluding carboxylic acids is 1. The number of rotatable bonds is 5. The molecule has 2 fully saturated rings. The Labute approximate surface area is 178 Å². The van der Waals surface area contributed by atoms with Crippen LogP contribution in [0.5, 0.6) is 0 Å². The van der Waals surface area contributed by atoms with Gasteiger partial charge in [0.25, 0.3) is 0 Å². The number of likely N-dealkylation sites (N-methyl/N-ethyl adjacent to an activating group) is 1. The molecule has 3 aliphatic rings. The van der Waals surface area contributed by atoms with Crippen molar-refractivity contribution in [2.24, 2.45) is 0 Å². The first kappa shape index (κ1) is 19.1. The summed E-state index contributed by atoms with van der Waals surface area (Å²) in [5.41, 5.74) is 3.16. The largest absolute Gasteiger partial charge is 0.310 e. The third-order valence-electron chi connectivity index (χ3n) is 7.15. The zero-order valence-electron chi connectivity index (χ0n) is 17.1. The summed E-state index contributed by atoms with van der Waals surface area (Å²) in [5, 5.41) is 0.741. The van der Waals surface area contributed by atoms with E-state index >= 15 is 0 Å². The minimum atomic E-state index is -0.373. The fourth-order valence-electron chi connectivity index (χ4n) is 5.35. The summed E-state index contributed by atoms with van der Waals surface area (Å²) in [5.74, 6) is 0.533. The number of hydrogen-bond acceptors (Lipinski definition) is 3. The van der Waals surface area contributed by atoms with Crippen molar-refractivity contribution in [1.82, 2.24) is 9.80 Å². The molecule has 2 heterocycles. The van der Waals surface area contributed by atoms with E-state index in [0.717, 1.165) is 43.3 Å².